The van der Waals surface area contributed by atoms with Crippen molar-refractivity contribution in [2.45, 2.75) is 6.92 Å². The standard InChI is InChI=1S/C18H13FN4O/c1-10-2-6-15-18(21-10)23-17(22-15)13-5-3-11(8-14(13)19)12-4-7-16(24)20-9-12/h2-9H,1H3,(H,20,24)(H,21,22,23). The minimum absolute atomic E-state index is 0.194. The van der Waals surface area contributed by atoms with Crippen LogP contribution in [0.5, 0.6) is 0 Å². The zero-order chi connectivity index (χ0) is 16.7. The van der Waals surface area contributed by atoms with Crippen LogP contribution in [0.4, 0.5) is 4.39 Å². The molecule has 0 fully saturated rings. The molecular formula is C18H13FN4O. The fraction of sp³-hybridized carbons (Fsp3) is 0.0556. The van der Waals surface area contributed by atoms with E-state index in [0.29, 0.717) is 22.6 Å². The Bertz CT molecular complexity index is 1090. The van der Waals surface area contributed by atoms with Crippen LogP contribution in [0.2, 0.25) is 0 Å². The zero-order valence-corrected chi connectivity index (χ0v) is 12.8. The Morgan fingerprint density at radius 2 is 1.83 bits per heavy atom. The summed E-state index contributed by atoms with van der Waals surface area (Å²) in [6.07, 6.45) is 1.56. The average Bonchev–Trinajstić information content (AvgIpc) is 2.98. The molecule has 4 rings (SSSR count). The number of imidazole rings is 1. The highest BCUT2D eigenvalue weighted by Crippen LogP contribution is 2.27. The van der Waals surface area contributed by atoms with E-state index in [9.17, 15) is 9.18 Å². The van der Waals surface area contributed by atoms with E-state index in [1.54, 1.807) is 24.4 Å². The van der Waals surface area contributed by atoms with Crippen molar-refractivity contribution < 1.29 is 4.39 Å². The van der Waals surface area contributed by atoms with Crippen LogP contribution < -0.4 is 5.56 Å². The van der Waals surface area contributed by atoms with Crippen LogP contribution in [-0.2, 0) is 0 Å². The molecule has 0 saturated heterocycles. The van der Waals surface area contributed by atoms with Crippen molar-refractivity contribution in [3.05, 3.63) is 70.5 Å². The topological polar surface area (TPSA) is 74.4 Å². The average molecular weight is 320 g/mol. The summed E-state index contributed by atoms with van der Waals surface area (Å²) < 4.78 is 14.6. The number of hydrogen-bond donors (Lipinski definition) is 2. The molecule has 2 N–H and O–H groups in total. The van der Waals surface area contributed by atoms with Crippen molar-refractivity contribution in [3.63, 3.8) is 0 Å². The van der Waals surface area contributed by atoms with Gasteiger partial charge in [0.1, 0.15) is 11.6 Å². The van der Waals surface area contributed by atoms with Gasteiger partial charge in [0.05, 0.1) is 11.1 Å². The minimum Gasteiger partial charge on any atom is -0.336 e. The summed E-state index contributed by atoms with van der Waals surface area (Å²) in [7, 11) is 0. The molecule has 0 bridgehead atoms. The predicted octanol–water partition coefficient (Wildman–Crippen LogP) is 3.43. The number of hydrogen-bond acceptors (Lipinski definition) is 3. The van der Waals surface area contributed by atoms with Crippen LogP contribution in [0.1, 0.15) is 5.69 Å². The third kappa shape index (κ3) is 2.48. The molecule has 1 aromatic carbocycles. The van der Waals surface area contributed by atoms with E-state index < -0.39 is 5.82 Å². The Labute approximate surface area is 136 Å². The van der Waals surface area contributed by atoms with Crippen LogP contribution in [0.15, 0.2) is 53.5 Å². The van der Waals surface area contributed by atoms with Crippen molar-refractivity contribution in [1.29, 1.82) is 0 Å². The Kier molecular flexibility index (Phi) is 3.23. The highest BCUT2D eigenvalue weighted by Gasteiger charge is 2.12. The number of nitrogens with one attached hydrogen (secondary N) is 2. The van der Waals surface area contributed by atoms with Gasteiger partial charge in [-0.1, -0.05) is 6.07 Å². The molecule has 0 saturated carbocycles. The molecule has 3 heterocycles. The number of aromatic nitrogens is 4. The molecule has 0 radical (unpaired) electrons. The van der Waals surface area contributed by atoms with E-state index in [1.165, 1.54) is 12.1 Å². The van der Waals surface area contributed by atoms with E-state index in [0.717, 1.165) is 16.8 Å². The van der Waals surface area contributed by atoms with Crippen LogP contribution in [0.25, 0.3) is 33.7 Å². The summed E-state index contributed by atoms with van der Waals surface area (Å²) in [5, 5.41) is 0. The van der Waals surface area contributed by atoms with Crippen LogP contribution in [-0.4, -0.2) is 19.9 Å². The van der Waals surface area contributed by atoms with Crippen molar-refractivity contribution in [3.8, 4) is 22.5 Å². The Hall–Kier alpha value is -3.28. The molecule has 118 valence electrons. The fourth-order valence-corrected chi connectivity index (χ4v) is 2.59. The van der Waals surface area contributed by atoms with E-state index in [1.807, 2.05) is 19.1 Å². The maximum atomic E-state index is 14.6. The maximum absolute atomic E-state index is 14.6. The number of benzene rings is 1. The number of fused-ring (bicyclic) bond motifs is 1. The van der Waals surface area contributed by atoms with Gasteiger partial charge in [-0.15, -0.1) is 0 Å². The number of halogens is 1. The SMILES string of the molecule is Cc1ccc2[nH]c(-c3ccc(-c4ccc(=O)[nH]c4)cc3F)nc2n1. The molecular weight excluding hydrogens is 307 g/mol. The zero-order valence-electron chi connectivity index (χ0n) is 12.8. The summed E-state index contributed by atoms with van der Waals surface area (Å²) in [6, 6.07) is 11.7. The lowest BCUT2D eigenvalue weighted by Crippen LogP contribution is -2.01. The third-order valence-electron chi connectivity index (χ3n) is 3.83. The highest BCUT2D eigenvalue weighted by molar-refractivity contribution is 5.77. The third-order valence-corrected chi connectivity index (χ3v) is 3.83. The molecule has 0 aliphatic rings. The first-order valence-corrected chi connectivity index (χ1v) is 7.42. The summed E-state index contributed by atoms with van der Waals surface area (Å²) in [6.45, 7) is 1.88. The molecule has 24 heavy (non-hydrogen) atoms. The van der Waals surface area contributed by atoms with Gasteiger partial charge in [0, 0.05) is 18.0 Å². The second kappa shape index (κ2) is 5.42. The van der Waals surface area contributed by atoms with Gasteiger partial charge in [-0.05, 0) is 48.4 Å². The van der Waals surface area contributed by atoms with Crippen LogP contribution in [0.3, 0.4) is 0 Å². The summed E-state index contributed by atoms with van der Waals surface area (Å²) in [5.74, 6) is 0.0445. The number of H-pyrrole nitrogens is 2. The largest absolute Gasteiger partial charge is 0.336 e. The molecule has 0 unspecified atom stereocenters. The van der Waals surface area contributed by atoms with E-state index in [4.69, 9.17) is 0 Å². The fourth-order valence-electron chi connectivity index (χ4n) is 2.59. The molecule has 3 aromatic heterocycles. The quantitative estimate of drug-likeness (QED) is 0.594. The lowest BCUT2D eigenvalue weighted by atomic mass is 10.0. The molecule has 0 spiro atoms. The van der Waals surface area contributed by atoms with Crippen molar-refractivity contribution in [2.24, 2.45) is 0 Å². The van der Waals surface area contributed by atoms with Gasteiger partial charge in [0.25, 0.3) is 0 Å². The molecule has 6 heteroatoms. The van der Waals surface area contributed by atoms with E-state index >= 15 is 0 Å². The normalized spacial score (nSPS) is 11.1. The van der Waals surface area contributed by atoms with Crippen molar-refractivity contribution >= 4 is 11.2 Å². The number of pyridine rings is 2. The number of nitrogens with zero attached hydrogens (tertiary/aromatic N) is 2. The first-order chi connectivity index (χ1) is 11.6. The monoisotopic (exact) mass is 320 g/mol. The van der Waals surface area contributed by atoms with E-state index in [-0.39, 0.29) is 5.56 Å². The molecule has 5 nitrogen and oxygen atoms in total. The molecule has 0 amide bonds. The predicted molar refractivity (Wildman–Crippen MR) is 90.1 cm³/mol. The number of aryl methyl sites for hydroxylation is 1. The van der Waals surface area contributed by atoms with E-state index in [2.05, 4.69) is 19.9 Å². The number of aromatic amines is 2. The van der Waals surface area contributed by atoms with Gasteiger partial charge in [0.15, 0.2) is 5.65 Å². The first-order valence-electron chi connectivity index (χ1n) is 7.42. The molecule has 0 aliphatic heterocycles. The Morgan fingerprint density at radius 1 is 1.00 bits per heavy atom. The lowest BCUT2D eigenvalue weighted by Gasteiger charge is -2.04. The molecule has 0 atom stereocenters. The maximum Gasteiger partial charge on any atom is 0.247 e. The van der Waals surface area contributed by atoms with Crippen LogP contribution in [0, 0.1) is 12.7 Å². The van der Waals surface area contributed by atoms with Gasteiger partial charge in [-0.3, -0.25) is 4.79 Å². The second-order valence-corrected chi connectivity index (χ2v) is 5.55. The second-order valence-electron chi connectivity index (χ2n) is 5.55. The van der Waals surface area contributed by atoms with Gasteiger partial charge < -0.3 is 9.97 Å². The number of rotatable bonds is 2. The van der Waals surface area contributed by atoms with Crippen molar-refractivity contribution in [1.82, 2.24) is 19.9 Å². The minimum atomic E-state index is -0.394. The summed E-state index contributed by atoms with van der Waals surface area (Å²) >= 11 is 0. The lowest BCUT2D eigenvalue weighted by molar-refractivity contribution is 0.631. The van der Waals surface area contributed by atoms with Gasteiger partial charge >= 0.3 is 0 Å². The van der Waals surface area contributed by atoms with Gasteiger partial charge in [-0.2, -0.15) is 0 Å². The highest BCUT2D eigenvalue weighted by atomic mass is 19.1. The van der Waals surface area contributed by atoms with Crippen molar-refractivity contribution in [2.75, 3.05) is 0 Å². The van der Waals surface area contributed by atoms with Gasteiger partial charge in [-0.25, -0.2) is 14.4 Å². The summed E-state index contributed by atoms with van der Waals surface area (Å²) in [5.41, 5.74) is 3.78. The Balaban J connectivity index is 1.78. The van der Waals surface area contributed by atoms with Crippen LogP contribution >= 0.6 is 0 Å². The smallest absolute Gasteiger partial charge is 0.247 e. The molecule has 4 aromatic rings. The Morgan fingerprint density at radius 3 is 2.58 bits per heavy atom. The first kappa shape index (κ1) is 14.3. The van der Waals surface area contributed by atoms with Gasteiger partial charge in [0.2, 0.25) is 5.56 Å². The molecule has 0 aliphatic carbocycles. The summed E-state index contributed by atoms with van der Waals surface area (Å²) in [4.78, 5) is 25.5.